The predicted octanol–water partition coefficient (Wildman–Crippen LogP) is 4.27. The first-order chi connectivity index (χ1) is 12.6. The molecule has 0 aliphatic heterocycles. The quantitative estimate of drug-likeness (QED) is 0.634. The van der Waals surface area contributed by atoms with Crippen LogP contribution in [0.2, 0.25) is 5.02 Å². The van der Waals surface area contributed by atoms with Crippen molar-refractivity contribution in [2.75, 3.05) is 6.54 Å². The second-order valence-electron chi connectivity index (χ2n) is 5.87. The van der Waals surface area contributed by atoms with Crippen LogP contribution < -0.4 is 5.56 Å². The molecule has 0 unspecified atom stereocenters. The molecule has 0 saturated carbocycles. The molecule has 3 aromatic rings. The number of pyridine rings is 1. The van der Waals surface area contributed by atoms with Crippen LogP contribution in [0.5, 0.6) is 0 Å². The van der Waals surface area contributed by atoms with E-state index in [0.29, 0.717) is 30.2 Å². The van der Waals surface area contributed by atoms with Crippen molar-refractivity contribution in [3.05, 3.63) is 91.5 Å². The summed E-state index contributed by atoms with van der Waals surface area (Å²) in [7, 11) is 0. The Morgan fingerprint density at radius 3 is 2.65 bits per heavy atom. The van der Waals surface area contributed by atoms with Gasteiger partial charge in [-0.25, -0.2) is 0 Å². The lowest BCUT2D eigenvalue weighted by atomic mass is 10.2. The number of nitrogens with zero attached hydrogens (tertiary/aromatic N) is 2. The van der Waals surface area contributed by atoms with E-state index in [9.17, 15) is 9.59 Å². The fourth-order valence-electron chi connectivity index (χ4n) is 2.69. The molecule has 0 atom stereocenters. The molecule has 134 valence electrons. The average molecular weight is 387 g/mol. The lowest BCUT2D eigenvalue weighted by molar-refractivity contribution is 0.0753. The smallest absolute Gasteiger partial charge is 0.255 e. The fourth-order valence-corrected chi connectivity index (χ4v) is 3.61. The summed E-state index contributed by atoms with van der Waals surface area (Å²) < 4.78 is 1.52. The fraction of sp³-hybridized carbons (Fsp3) is 0.200. The van der Waals surface area contributed by atoms with Gasteiger partial charge >= 0.3 is 0 Å². The predicted molar refractivity (Wildman–Crippen MR) is 106 cm³/mol. The molecule has 0 fully saturated rings. The number of rotatable bonds is 6. The van der Waals surface area contributed by atoms with E-state index in [4.69, 9.17) is 11.6 Å². The van der Waals surface area contributed by atoms with Crippen LogP contribution in [-0.2, 0) is 13.1 Å². The maximum absolute atomic E-state index is 12.9. The highest BCUT2D eigenvalue weighted by Gasteiger charge is 2.16. The normalized spacial score (nSPS) is 10.7. The number of halogens is 1. The van der Waals surface area contributed by atoms with Gasteiger partial charge in [-0.2, -0.15) is 0 Å². The largest absolute Gasteiger partial charge is 0.334 e. The van der Waals surface area contributed by atoms with Crippen LogP contribution in [0.4, 0.5) is 0 Å². The summed E-state index contributed by atoms with van der Waals surface area (Å²) in [6, 6.07) is 14.4. The van der Waals surface area contributed by atoms with Crippen molar-refractivity contribution in [1.29, 1.82) is 0 Å². The number of hydrogen-bond donors (Lipinski definition) is 0. The number of carbonyl (C=O) groups is 1. The Balaban J connectivity index is 1.85. The molecule has 3 rings (SSSR count). The monoisotopic (exact) mass is 386 g/mol. The van der Waals surface area contributed by atoms with Crippen LogP contribution in [0.25, 0.3) is 0 Å². The van der Waals surface area contributed by atoms with Gasteiger partial charge in [-0.15, -0.1) is 11.3 Å². The highest BCUT2D eigenvalue weighted by atomic mass is 35.5. The molecule has 4 nitrogen and oxygen atoms in total. The van der Waals surface area contributed by atoms with Crippen molar-refractivity contribution < 1.29 is 4.79 Å². The van der Waals surface area contributed by atoms with Crippen LogP contribution in [0.3, 0.4) is 0 Å². The first kappa shape index (κ1) is 18.4. The van der Waals surface area contributed by atoms with Crippen LogP contribution in [-0.4, -0.2) is 21.9 Å². The van der Waals surface area contributed by atoms with Crippen molar-refractivity contribution in [2.24, 2.45) is 0 Å². The van der Waals surface area contributed by atoms with Crippen molar-refractivity contribution >= 4 is 28.8 Å². The minimum Gasteiger partial charge on any atom is -0.334 e. The van der Waals surface area contributed by atoms with E-state index < -0.39 is 0 Å². The van der Waals surface area contributed by atoms with Gasteiger partial charge in [-0.3, -0.25) is 9.59 Å². The summed E-state index contributed by atoms with van der Waals surface area (Å²) in [5.41, 5.74) is 1.17. The standard InChI is InChI=1S/C20H19ClN2O2S/c1-2-22(14-17-7-5-11-26-17)20(25)16-9-10-19(24)23(13-16)12-15-6-3-4-8-18(15)21/h3-11,13H,2,12,14H2,1H3. The van der Waals surface area contributed by atoms with E-state index in [0.717, 1.165) is 10.4 Å². The van der Waals surface area contributed by atoms with Gasteiger partial charge in [0.05, 0.1) is 18.7 Å². The molecule has 1 aromatic carbocycles. The van der Waals surface area contributed by atoms with Crippen LogP contribution in [0, 0.1) is 0 Å². The molecule has 2 heterocycles. The first-order valence-electron chi connectivity index (χ1n) is 8.34. The maximum Gasteiger partial charge on any atom is 0.255 e. The van der Waals surface area contributed by atoms with Crippen molar-refractivity contribution in [3.63, 3.8) is 0 Å². The topological polar surface area (TPSA) is 42.3 Å². The van der Waals surface area contributed by atoms with Crippen LogP contribution in [0.15, 0.2) is 64.9 Å². The van der Waals surface area contributed by atoms with E-state index in [1.165, 1.54) is 10.6 Å². The summed E-state index contributed by atoms with van der Waals surface area (Å²) in [5.74, 6) is -0.0891. The number of thiophene rings is 1. The number of aromatic nitrogens is 1. The zero-order valence-corrected chi connectivity index (χ0v) is 16.0. The third-order valence-corrected chi connectivity index (χ3v) is 5.35. The SMILES string of the molecule is CCN(Cc1cccs1)C(=O)c1ccc(=O)n(Cc2ccccc2Cl)c1. The summed E-state index contributed by atoms with van der Waals surface area (Å²) in [6.45, 7) is 3.44. The molecule has 6 heteroatoms. The number of hydrogen-bond acceptors (Lipinski definition) is 3. The van der Waals surface area contributed by atoms with Gasteiger partial charge in [0.15, 0.2) is 0 Å². The lowest BCUT2D eigenvalue weighted by Gasteiger charge is -2.20. The first-order valence-corrected chi connectivity index (χ1v) is 9.60. The van der Waals surface area contributed by atoms with Crippen molar-refractivity contribution in [2.45, 2.75) is 20.0 Å². The van der Waals surface area contributed by atoms with E-state index in [1.807, 2.05) is 42.6 Å². The molecule has 1 amide bonds. The van der Waals surface area contributed by atoms with E-state index in [1.54, 1.807) is 34.6 Å². The number of benzene rings is 1. The minimum absolute atomic E-state index is 0.0891. The second kappa shape index (κ2) is 8.34. The summed E-state index contributed by atoms with van der Waals surface area (Å²) in [6.07, 6.45) is 1.62. The summed E-state index contributed by atoms with van der Waals surface area (Å²) in [5, 5.41) is 2.60. The van der Waals surface area contributed by atoms with Gasteiger partial charge < -0.3 is 9.47 Å². The molecule has 2 aromatic heterocycles. The van der Waals surface area contributed by atoms with Crippen molar-refractivity contribution in [1.82, 2.24) is 9.47 Å². The Kier molecular flexibility index (Phi) is 5.91. The van der Waals surface area contributed by atoms with Gasteiger partial charge in [0.25, 0.3) is 11.5 Å². The molecule has 0 spiro atoms. The Morgan fingerprint density at radius 2 is 1.96 bits per heavy atom. The highest BCUT2D eigenvalue weighted by molar-refractivity contribution is 7.09. The van der Waals surface area contributed by atoms with E-state index in [-0.39, 0.29) is 11.5 Å². The molecule has 0 N–H and O–H groups in total. The zero-order chi connectivity index (χ0) is 18.5. The maximum atomic E-state index is 12.9. The van der Waals surface area contributed by atoms with Crippen LogP contribution >= 0.6 is 22.9 Å². The molecule has 0 radical (unpaired) electrons. The molecular weight excluding hydrogens is 368 g/mol. The molecule has 26 heavy (non-hydrogen) atoms. The minimum atomic E-state index is -0.164. The van der Waals surface area contributed by atoms with E-state index in [2.05, 4.69) is 0 Å². The van der Waals surface area contributed by atoms with Gasteiger partial charge in [-0.1, -0.05) is 35.9 Å². The molecule has 0 aliphatic carbocycles. The molecule has 0 bridgehead atoms. The van der Waals surface area contributed by atoms with Gasteiger partial charge in [0, 0.05) is 28.7 Å². The van der Waals surface area contributed by atoms with Gasteiger partial charge in [0.1, 0.15) is 0 Å². The Labute approximate surface area is 161 Å². The molecular formula is C20H19ClN2O2S. The Bertz CT molecular complexity index is 950. The zero-order valence-electron chi connectivity index (χ0n) is 14.4. The summed E-state index contributed by atoms with van der Waals surface area (Å²) >= 11 is 7.82. The number of carbonyl (C=O) groups excluding carboxylic acids is 1. The Hall–Kier alpha value is -2.37. The van der Waals surface area contributed by atoms with E-state index >= 15 is 0 Å². The third-order valence-electron chi connectivity index (χ3n) is 4.12. The summed E-state index contributed by atoms with van der Waals surface area (Å²) in [4.78, 5) is 28.0. The second-order valence-corrected chi connectivity index (χ2v) is 7.31. The Morgan fingerprint density at radius 1 is 1.15 bits per heavy atom. The highest BCUT2D eigenvalue weighted by Crippen LogP contribution is 2.17. The molecule has 0 saturated heterocycles. The van der Waals surface area contributed by atoms with Crippen molar-refractivity contribution in [3.8, 4) is 0 Å². The average Bonchev–Trinajstić information content (AvgIpc) is 3.16. The molecule has 0 aliphatic rings. The van der Waals surface area contributed by atoms with Gasteiger partial charge in [-0.05, 0) is 36.1 Å². The van der Waals surface area contributed by atoms with Crippen LogP contribution in [0.1, 0.15) is 27.7 Å². The number of amides is 1. The lowest BCUT2D eigenvalue weighted by Crippen LogP contribution is -2.31. The third kappa shape index (κ3) is 4.23. The van der Waals surface area contributed by atoms with Gasteiger partial charge in [0.2, 0.25) is 0 Å².